The number of para-hydroxylation sites is 1. The van der Waals surface area contributed by atoms with E-state index in [0.717, 1.165) is 17.9 Å². The third-order valence-corrected chi connectivity index (χ3v) is 4.44. The minimum absolute atomic E-state index is 0.459. The Bertz CT molecular complexity index is 703. The summed E-state index contributed by atoms with van der Waals surface area (Å²) < 4.78 is 11.3. The molecule has 0 saturated carbocycles. The highest BCUT2D eigenvalue weighted by molar-refractivity contribution is 5.84. The summed E-state index contributed by atoms with van der Waals surface area (Å²) in [5, 5.41) is 2.81. The topological polar surface area (TPSA) is 50.8 Å². The molecule has 0 aliphatic rings. The molecule has 0 aliphatic heterocycles. The Balaban J connectivity index is 2.27. The average molecular weight is 356 g/mol. The number of anilines is 1. The number of nitrogens with one attached hydrogen (secondary N) is 1. The summed E-state index contributed by atoms with van der Waals surface area (Å²) in [6.07, 6.45) is 0.891. The van der Waals surface area contributed by atoms with Crippen LogP contribution in [0.15, 0.2) is 54.6 Å². The molecule has 0 aromatic heterocycles. The maximum Gasteiger partial charge on any atom is 0.412 e. The molecule has 26 heavy (non-hydrogen) atoms. The van der Waals surface area contributed by atoms with Gasteiger partial charge in [0.25, 0.3) is 0 Å². The van der Waals surface area contributed by atoms with E-state index in [2.05, 4.69) is 10.2 Å². The van der Waals surface area contributed by atoms with Crippen molar-refractivity contribution in [3.63, 3.8) is 0 Å². The lowest BCUT2D eigenvalue weighted by Gasteiger charge is -2.34. The smallest absolute Gasteiger partial charge is 0.412 e. The monoisotopic (exact) mass is 356 g/mol. The highest BCUT2D eigenvalue weighted by Crippen LogP contribution is 2.35. The van der Waals surface area contributed by atoms with Crippen molar-refractivity contribution in [3.8, 4) is 5.75 Å². The van der Waals surface area contributed by atoms with Crippen LogP contribution >= 0.6 is 0 Å². The van der Waals surface area contributed by atoms with Crippen LogP contribution in [-0.2, 0) is 10.3 Å². The van der Waals surface area contributed by atoms with Crippen LogP contribution in [0.1, 0.15) is 25.3 Å². The van der Waals surface area contributed by atoms with Gasteiger partial charge >= 0.3 is 6.09 Å². The Morgan fingerprint density at radius 1 is 1.12 bits per heavy atom. The van der Waals surface area contributed by atoms with Gasteiger partial charge in [0.05, 0.1) is 7.11 Å². The zero-order valence-electron chi connectivity index (χ0n) is 16.0. The number of carbonyl (C=O) groups excluding carboxylic acids is 1. The Kier molecular flexibility index (Phi) is 7.04. The second kappa shape index (κ2) is 9.25. The normalized spacial score (nSPS) is 13.1. The molecular formula is C21H28N2O3. The predicted molar refractivity (Wildman–Crippen MR) is 105 cm³/mol. The molecule has 140 valence electrons. The summed E-state index contributed by atoms with van der Waals surface area (Å²) in [5.74, 6) is 0.747. The van der Waals surface area contributed by atoms with E-state index in [0.29, 0.717) is 18.5 Å². The lowest BCUT2D eigenvalue weighted by molar-refractivity contribution is 0.000299. The van der Waals surface area contributed by atoms with Gasteiger partial charge < -0.3 is 14.4 Å². The van der Waals surface area contributed by atoms with Crippen LogP contribution in [0.3, 0.4) is 0 Å². The maximum absolute atomic E-state index is 12.6. The van der Waals surface area contributed by atoms with Crippen LogP contribution in [-0.4, -0.2) is 38.7 Å². The van der Waals surface area contributed by atoms with E-state index in [1.54, 1.807) is 7.11 Å². The fourth-order valence-corrected chi connectivity index (χ4v) is 2.86. The molecule has 1 unspecified atom stereocenters. The Hall–Kier alpha value is -2.53. The maximum atomic E-state index is 12.6. The number of methoxy groups -OCH3 is 1. The minimum atomic E-state index is -0.725. The van der Waals surface area contributed by atoms with E-state index in [1.165, 1.54) is 0 Å². The molecule has 0 saturated heterocycles. The molecule has 2 aromatic rings. The van der Waals surface area contributed by atoms with E-state index >= 15 is 0 Å². The molecule has 0 bridgehead atoms. The van der Waals surface area contributed by atoms with Gasteiger partial charge in [-0.25, -0.2) is 4.79 Å². The zero-order chi connectivity index (χ0) is 19.0. The largest absolute Gasteiger partial charge is 0.497 e. The third-order valence-electron chi connectivity index (χ3n) is 4.44. The summed E-state index contributed by atoms with van der Waals surface area (Å²) in [6.45, 7) is 2.83. The SMILES string of the molecule is CCC(CCN(C)C)(OC(=O)Nc1ccccc1)c1cccc(OC)c1. The Labute approximate surface area is 155 Å². The summed E-state index contributed by atoms with van der Waals surface area (Å²) in [7, 11) is 5.65. The van der Waals surface area contributed by atoms with E-state index in [4.69, 9.17) is 9.47 Å². The molecule has 1 atom stereocenters. The number of nitrogens with zero attached hydrogens (tertiary/aromatic N) is 1. The van der Waals surface area contributed by atoms with Gasteiger partial charge in [-0.2, -0.15) is 0 Å². The fraction of sp³-hybridized carbons (Fsp3) is 0.381. The van der Waals surface area contributed by atoms with Crippen molar-refractivity contribution >= 4 is 11.8 Å². The van der Waals surface area contributed by atoms with Gasteiger partial charge in [-0.15, -0.1) is 0 Å². The van der Waals surface area contributed by atoms with E-state index in [-0.39, 0.29) is 0 Å². The quantitative estimate of drug-likeness (QED) is 0.756. The highest BCUT2D eigenvalue weighted by atomic mass is 16.6. The highest BCUT2D eigenvalue weighted by Gasteiger charge is 2.35. The lowest BCUT2D eigenvalue weighted by atomic mass is 9.87. The predicted octanol–water partition coefficient (Wildman–Crippen LogP) is 4.50. The van der Waals surface area contributed by atoms with Gasteiger partial charge in [-0.3, -0.25) is 5.32 Å². The van der Waals surface area contributed by atoms with Crippen LogP contribution in [0.25, 0.3) is 0 Å². The third kappa shape index (κ3) is 5.23. The molecule has 0 aliphatic carbocycles. The first-order valence-electron chi connectivity index (χ1n) is 8.83. The van der Waals surface area contributed by atoms with Gasteiger partial charge in [-0.1, -0.05) is 37.3 Å². The summed E-state index contributed by atoms with van der Waals surface area (Å²) >= 11 is 0. The molecule has 0 fully saturated rings. The Morgan fingerprint density at radius 3 is 2.46 bits per heavy atom. The van der Waals surface area contributed by atoms with Gasteiger partial charge in [0.2, 0.25) is 0 Å². The Morgan fingerprint density at radius 2 is 1.85 bits per heavy atom. The van der Waals surface area contributed by atoms with Gasteiger partial charge in [-0.05, 0) is 50.3 Å². The van der Waals surface area contributed by atoms with Crippen molar-refractivity contribution in [2.24, 2.45) is 0 Å². The molecule has 0 spiro atoms. The van der Waals surface area contributed by atoms with Crippen LogP contribution in [0, 0.1) is 0 Å². The molecule has 2 rings (SSSR count). The van der Waals surface area contributed by atoms with Crippen LogP contribution in [0.2, 0.25) is 0 Å². The van der Waals surface area contributed by atoms with Gasteiger partial charge in [0.1, 0.15) is 11.4 Å². The summed E-state index contributed by atoms with van der Waals surface area (Å²) in [4.78, 5) is 14.7. The molecule has 2 aromatic carbocycles. The van der Waals surface area contributed by atoms with Crippen LogP contribution < -0.4 is 10.1 Å². The molecular weight excluding hydrogens is 328 g/mol. The van der Waals surface area contributed by atoms with Crippen molar-refractivity contribution in [3.05, 3.63) is 60.2 Å². The molecule has 5 nitrogen and oxygen atoms in total. The van der Waals surface area contributed by atoms with Gasteiger partial charge in [0.15, 0.2) is 0 Å². The zero-order valence-corrected chi connectivity index (χ0v) is 16.0. The van der Waals surface area contributed by atoms with Crippen molar-refractivity contribution in [2.45, 2.75) is 25.4 Å². The van der Waals surface area contributed by atoms with Crippen molar-refractivity contribution in [1.29, 1.82) is 0 Å². The van der Waals surface area contributed by atoms with Gasteiger partial charge in [0, 0.05) is 18.7 Å². The van der Waals surface area contributed by atoms with E-state index in [9.17, 15) is 4.79 Å². The average Bonchev–Trinajstić information content (AvgIpc) is 2.66. The standard InChI is InChI=1S/C21H28N2O3/c1-5-21(14-15-23(2)3,17-10-9-13-19(16-17)25-4)26-20(24)22-18-11-7-6-8-12-18/h6-13,16H,5,14-15H2,1-4H3,(H,22,24). The van der Waals surface area contributed by atoms with Crippen molar-refractivity contribution in [2.75, 3.05) is 33.1 Å². The first kappa shape index (κ1) is 19.8. The van der Waals surface area contributed by atoms with Crippen LogP contribution in [0.4, 0.5) is 10.5 Å². The molecule has 5 heteroatoms. The molecule has 0 radical (unpaired) electrons. The number of rotatable bonds is 8. The second-order valence-electron chi connectivity index (χ2n) is 6.51. The molecule has 1 amide bonds. The van der Waals surface area contributed by atoms with E-state index < -0.39 is 11.7 Å². The van der Waals surface area contributed by atoms with E-state index in [1.807, 2.05) is 75.6 Å². The number of ether oxygens (including phenoxy) is 2. The second-order valence-corrected chi connectivity index (χ2v) is 6.51. The number of hydrogen-bond donors (Lipinski definition) is 1. The number of carbonyl (C=O) groups is 1. The first-order valence-corrected chi connectivity index (χ1v) is 8.83. The number of benzene rings is 2. The summed E-state index contributed by atoms with van der Waals surface area (Å²) in [6, 6.07) is 17.0. The molecule has 1 N–H and O–H groups in total. The molecule has 0 heterocycles. The minimum Gasteiger partial charge on any atom is -0.497 e. The lowest BCUT2D eigenvalue weighted by Crippen LogP contribution is -2.36. The number of hydrogen-bond acceptors (Lipinski definition) is 4. The fourth-order valence-electron chi connectivity index (χ4n) is 2.86. The first-order chi connectivity index (χ1) is 12.5. The number of amides is 1. The van der Waals surface area contributed by atoms with Crippen LogP contribution in [0.5, 0.6) is 5.75 Å². The summed E-state index contributed by atoms with van der Waals surface area (Å²) in [5.41, 5.74) is 0.919. The van der Waals surface area contributed by atoms with Crippen molar-refractivity contribution < 1.29 is 14.3 Å². The van der Waals surface area contributed by atoms with Crippen molar-refractivity contribution in [1.82, 2.24) is 4.90 Å².